The van der Waals surface area contributed by atoms with E-state index in [4.69, 9.17) is 21.4 Å². The van der Waals surface area contributed by atoms with Crippen molar-refractivity contribution in [3.8, 4) is 17.1 Å². The first-order valence-electron chi connectivity index (χ1n) is 7.67. The number of nitrogens with one attached hydrogen (secondary N) is 2. The van der Waals surface area contributed by atoms with E-state index >= 15 is 0 Å². The normalized spacial score (nSPS) is 10.5. The second-order valence-corrected chi connectivity index (χ2v) is 6.56. The quantitative estimate of drug-likeness (QED) is 0.495. The molecule has 0 unspecified atom stereocenters. The molecule has 0 fully saturated rings. The number of carbonyl (C=O) groups excluding carboxylic acids is 1. The summed E-state index contributed by atoms with van der Waals surface area (Å²) in [5.74, 6) is -2.68. The first-order chi connectivity index (χ1) is 13.4. The summed E-state index contributed by atoms with van der Waals surface area (Å²) in [7, 11) is 0. The van der Waals surface area contributed by atoms with Crippen LogP contribution in [-0.2, 0) is 11.3 Å². The predicted octanol–water partition coefficient (Wildman–Crippen LogP) is 3.30. The van der Waals surface area contributed by atoms with E-state index in [0.29, 0.717) is 10.6 Å². The highest BCUT2D eigenvalue weighted by molar-refractivity contribution is 7.08. The summed E-state index contributed by atoms with van der Waals surface area (Å²) < 4.78 is 5.12. The number of aromatic carboxylic acids is 1. The molecule has 1 aromatic carbocycles. The van der Waals surface area contributed by atoms with Crippen LogP contribution in [0.1, 0.15) is 16.1 Å². The maximum Gasteiger partial charge on any atom is 0.412 e. The number of carboxylic acids is 1. The number of ether oxygens (including phenoxy) is 1. The molecule has 0 aliphatic heterocycles. The summed E-state index contributed by atoms with van der Waals surface area (Å²) in [6.45, 7) is -0.0531. The maximum absolute atomic E-state index is 12.1. The molecule has 3 rings (SSSR count). The Morgan fingerprint density at radius 1 is 1.29 bits per heavy atom. The lowest BCUT2D eigenvalue weighted by molar-refractivity contribution is 0.0686. The number of thiophene rings is 1. The summed E-state index contributed by atoms with van der Waals surface area (Å²) in [6, 6.07) is 6.89. The Morgan fingerprint density at radius 3 is 2.75 bits per heavy atom. The Hall–Kier alpha value is -3.37. The van der Waals surface area contributed by atoms with E-state index in [9.17, 15) is 19.5 Å². The number of aromatic hydroxyl groups is 1. The van der Waals surface area contributed by atoms with Gasteiger partial charge < -0.3 is 19.9 Å². The van der Waals surface area contributed by atoms with Crippen LogP contribution < -0.4 is 10.9 Å². The van der Waals surface area contributed by atoms with E-state index in [1.165, 1.54) is 11.3 Å². The molecule has 9 nitrogen and oxygen atoms in total. The van der Waals surface area contributed by atoms with Crippen LogP contribution >= 0.6 is 22.9 Å². The van der Waals surface area contributed by atoms with Gasteiger partial charge in [-0.25, -0.2) is 14.6 Å². The standard InChI is InChI=1S/C17H12ClN3O6S/c18-10-4-2-1-3-8(10)5-27-17(26)19-11-7-28-6-9(11)14-20-12(16(24)25)13(22)15(23)21-14/h1-4,6-7,22H,5H2,(H,19,26)(H,24,25)(H,20,21,23). The van der Waals surface area contributed by atoms with Crippen molar-refractivity contribution in [3.63, 3.8) is 0 Å². The number of aromatic amines is 1. The molecule has 1 amide bonds. The third-order valence-electron chi connectivity index (χ3n) is 3.57. The fourth-order valence-corrected chi connectivity index (χ4v) is 3.18. The number of aromatic nitrogens is 2. The molecule has 2 aromatic heterocycles. The van der Waals surface area contributed by atoms with Crippen molar-refractivity contribution in [2.24, 2.45) is 0 Å². The van der Waals surface area contributed by atoms with Crippen LogP contribution in [0, 0.1) is 0 Å². The smallest absolute Gasteiger partial charge is 0.412 e. The highest BCUT2D eigenvalue weighted by Crippen LogP contribution is 2.30. The van der Waals surface area contributed by atoms with Crippen LogP contribution in [0.2, 0.25) is 5.02 Å². The molecule has 28 heavy (non-hydrogen) atoms. The van der Waals surface area contributed by atoms with Gasteiger partial charge in [-0.1, -0.05) is 29.8 Å². The van der Waals surface area contributed by atoms with Crippen molar-refractivity contribution in [2.45, 2.75) is 6.61 Å². The minimum Gasteiger partial charge on any atom is -0.501 e. The third-order valence-corrected chi connectivity index (χ3v) is 4.68. The van der Waals surface area contributed by atoms with Gasteiger partial charge in [0.15, 0.2) is 5.69 Å². The molecule has 0 saturated heterocycles. The van der Waals surface area contributed by atoms with E-state index in [1.807, 2.05) is 0 Å². The van der Waals surface area contributed by atoms with Crippen LogP contribution in [0.4, 0.5) is 10.5 Å². The Kier molecular flexibility index (Phi) is 5.62. The average Bonchev–Trinajstić information content (AvgIpc) is 3.11. The summed E-state index contributed by atoms with van der Waals surface area (Å²) in [5, 5.41) is 24.6. The van der Waals surface area contributed by atoms with Crippen molar-refractivity contribution in [1.29, 1.82) is 0 Å². The summed E-state index contributed by atoms with van der Waals surface area (Å²) >= 11 is 7.18. The van der Waals surface area contributed by atoms with Crippen molar-refractivity contribution in [3.05, 3.63) is 61.7 Å². The van der Waals surface area contributed by atoms with Crippen LogP contribution in [0.15, 0.2) is 39.8 Å². The molecular formula is C17H12ClN3O6S. The topological polar surface area (TPSA) is 142 Å². The number of carbonyl (C=O) groups is 2. The van der Waals surface area contributed by atoms with Crippen molar-refractivity contribution in [1.82, 2.24) is 9.97 Å². The Bertz CT molecular complexity index is 1110. The number of hydrogen-bond acceptors (Lipinski definition) is 7. The van der Waals surface area contributed by atoms with E-state index in [0.717, 1.165) is 0 Å². The molecule has 11 heteroatoms. The number of anilines is 1. The molecule has 0 atom stereocenters. The van der Waals surface area contributed by atoms with E-state index in [-0.39, 0.29) is 23.7 Å². The highest BCUT2D eigenvalue weighted by Gasteiger charge is 2.20. The van der Waals surface area contributed by atoms with Gasteiger partial charge in [0, 0.05) is 21.3 Å². The minimum atomic E-state index is -1.56. The number of benzene rings is 1. The van der Waals surface area contributed by atoms with Gasteiger partial charge in [-0.05, 0) is 6.07 Å². The van der Waals surface area contributed by atoms with Crippen molar-refractivity contribution < 1.29 is 24.5 Å². The van der Waals surface area contributed by atoms with Gasteiger partial charge in [0.25, 0.3) is 5.56 Å². The lowest BCUT2D eigenvalue weighted by Gasteiger charge is -2.09. The van der Waals surface area contributed by atoms with Crippen LogP contribution in [-0.4, -0.2) is 32.2 Å². The zero-order chi connectivity index (χ0) is 20.3. The number of H-pyrrole nitrogens is 1. The first-order valence-corrected chi connectivity index (χ1v) is 8.99. The Morgan fingerprint density at radius 2 is 2.04 bits per heavy atom. The van der Waals surface area contributed by atoms with Gasteiger partial charge in [-0.3, -0.25) is 10.1 Å². The highest BCUT2D eigenvalue weighted by atomic mass is 35.5. The van der Waals surface area contributed by atoms with Crippen LogP contribution in [0.25, 0.3) is 11.4 Å². The number of halogens is 1. The largest absolute Gasteiger partial charge is 0.501 e. The molecule has 0 saturated carbocycles. The van der Waals surface area contributed by atoms with Gasteiger partial charge in [-0.2, -0.15) is 0 Å². The Balaban J connectivity index is 1.79. The fraction of sp³-hybridized carbons (Fsp3) is 0.0588. The van der Waals surface area contributed by atoms with Crippen molar-refractivity contribution in [2.75, 3.05) is 5.32 Å². The number of carboxylic acid groups (broad SMARTS) is 1. The summed E-state index contributed by atoms with van der Waals surface area (Å²) in [4.78, 5) is 41.0. The van der Waals surface area contributed by atoms with Gasteiger partial charge in [-0.15, -0.1) is 11.3 Å². The molecule has 4 N–H and O–H groups in total. The second-order valence-electron chi connectivity index (χ2n) is 5.41. The zero-order valence-corrected chi connectivity index (χ0v) is 15.5. The Labute approximate surface area is 166 Å². The lowest BCUT2D eigenvalue weighted by atomic mass is 10.2. The molecule has 0 radical (unpaired) electrons. The molecule has 3 aromatic rings. The molecule has 144 valence electrons. The minimum absolute atomic E-state index is 0.0531. The van der Waals surface area contributed by atoms with Crippen LogP contribution in [0.5, 0.6) is 5.75 Å². The molecule has 0 spiro atoms. The number of hydrogen-bond donors (Lipinski definition) is 4. The maximum atomic E-state index is 12.1. The van der Waals surface area contributed by atoms with E-state index in [2.05, 4.69) is 15.3 Å². The molecule has 0 bridgehead atoms. The lowest BCUT2D eigenvalue weighted by Crippen LogP contribution is -2.16. The average molecular weight is 422 g/mol. The summed E-state index contributed by atoms with van der Waals surface area (Å²) in [5.41, 5.74) is -0.669. The van der Waals surface area contributed by atoms with E-state index in [1.54, 1.807) is 35.0 Å². The number of amides is 1. The van der Waals surface area contributed by atoms with Crippen molar-refractivity contribution >= 4 is 40.7 Å². The molecule has 0 aliphatic carbocycles. The molecule has 2 heterocycles. The van der Waals surface area contributed by atoms with Gasteiger partial charge in [0.05, 0.1) is 11.3 Å². The first kappa shape index (κ1) is 19.4. The fourth-order valence-electron chi connectivity index (χ4n) is 2.23. The summed E-state index contributed by atoms with van der Waals surface area (Å²) in [6.07, 6.45) is -0.779. The third kappa shape index (κ3) is 4.13. The number of nitrogens with zero attached hydrogens (tertiary/aromatic N) is 1. The van der Waals surface area contributed by atoms with Gasteiger partial charge in [0.2, 0.25) is 5.75 Å². The number of rotatable bonds is 5. The SMILES string of the molecule is O=C(Nc1cscc1-c1nc(C(=O)O)c(O)c(=O)[nH]1)OCc1ccccc1Cl. The van der Waals surface area contributed by atoms with Crippen LogP contribution in [0.3, 0.4) is 0 Å². The monoisotopic (exact) mass is 421 g/mol. The predicted molar refractivity (Wildman–Crippen MR) is 102 cm³/mol. The second kappa shape index (κ2) is 8.11. The molecule has 0 aliphatic rings. The zero-order valence-electron chi connectivity index (χ0n) is 13.9. The van der Waals surface area contributed by atoms with E-state index < -0.39 is 29.1 Å². The van der Waals surface area contributed by atoms with Gasteiger partial charge in [0.1, 0.15) is 12.4 Å². The molecular weight excluding hydrogens is 410 g/mol. The van der Waals surface area contributed by atoms with Gasteiger partial charge >= 0.3 is 12.1 Å².